The van der Waals surface area contributed by atoms with Gasteiger partial charge in [0, 0.05) is 12.0 Å². The SMILES string of the molecule is C=C(C)CNC(N)=NCC1(C)CCCc2ccccc21. The Bertz CT molecular complexity index is 519. The fraction of sp³-hybridized carbons (Fsp3) is 0.471. The maximum Gasteiger partial charge on any atom is 0.188 e. The van der Waals surface area contributed by atoms with Crippen LogP contribution in [0.3, 0.4) is 0 Å². The molecule has 3 N–H and O–H groups in total. The van der Waals surface area contributed by atoms with E-state index >= 15 is 0 Å². The maximum absolute atomic E-state index is 5.92. The zero-order valence-corrected chi connectivity index (χ0v) is 12.6. The van der Waals surface area contributed by atoms with Crippen molar-refractivity contribution in [3.63, 3.8) is 0 Å². The molecule has 108 valence electrons. The van der Waals surface area contributed by atoms with Crippen LogP contribution in [-0.4, -0.2) is 19.0 Å². The van der Waals surface area contributed by atoms with E-state index in [2.05, 4.69) is 48.1 Å². The Kier molecular flexibility index (Phi) is 4.48. The minimum Gasteiger partial charge on any atom is -0.370 e. The molecule has 0 fully saturated rings. The van der Waals surface area contributed by atoms with Crippen LogP contribution in [0.2, 0.25) is 0 Å². The number of aryl methyl sites for hydroxylation is 1. The molecule has 0 saturated carbocycles. The van der Waals surface area contributed by atoms with E-state index in [0.29, 0.717) is 12.5 Å². The normalized spacial score (nSPS) is 22.2. The van der Waals surface area contributed by atoms with Gasteiger partial charge in [-0.05, 0) is 37.3 Å². The van der Waals surface area contributed by atoms with Gasteiger partial charge in [-0.1, -0.05) is 43.3 Å². The molecule has 0 aliphatic heterocycles. The van der Waals surface area contributed by atoms with Gasteiger partial charge in [-0.3, -0.25) is 4.99 Å². The molecule has 0 heterocycles. The van der Waals surface area contributed by atoms with Gasteiger partial charge in [0.25, 0.3) is 0 Å². The molecule has 0 saturated heterocycles. The van der Waals surface area contributed by atoms with Crippen molar-refractivity contribution in [2.75, 3.05) is 13.1 Å². The highest BCUT2D eigenvalue weighted by Crippen LogP contribution is 2.37. The monoisotopic (exact) mass is 271 g/mol. The molecule has 0 bridgehead atoms. The molecule has 0 radical (unpaired) electrons. The molecule has 3 nitrogen and oxygen atoms in total. The average Bonchev–Trinajstić information content (AvgIpc) is 2.44. The number of aliphatic imine (C=N–C) groups is 1. The van der Waals surface area contributed by atoms with Crippen LogP contribution in [0.4, 0.5) is 0 Å². The zero-order valence-electron chi connectivity index (χ0n) is 12.6. The predicted octanol–water partition coefficient (Wildman–Crippen LogP) is 2.76. The van der Waals surface area contributed by atoms with Gasteiger partial charge in [0.1, 0.15) is 0 Å². The fourth-order valence-electron chi connectivity index (χ4n) is 2.85. The first-order valence-corrected chi connectivity index (χ1v) is 7.28. The largest absolute Gasteiger partial charge is 0.370 e. The summed E-state index contributed by atoms with van der Waals surface area (Å²) in [6, 6.07) is 8.71. The van der Waals surface area contributed by atoms with Gasteiger partial charge >= 0.3 is 0 Å². The van der Waals surface area contributed by atoms with Crippen molar-refractivity contribution in [2.45, 2.75) is 38.5 Å². The lowest BCUT2D eigenvalue weighted by atomic mass is 9.71. The third kappa shape index (κ3) is 3.41. The minimum absolute atomic E-state index is 0.102. The third-order valence-corrected chi connectivity index (χ3v) is 4.01. The summed E-state index contributed by atoms with van der Waals surface area (Å²) < 4.78 is 0. The van der Waals surface area contributed by atoms with Gasteiger partial charge in [-0.15, -0.1) is 0 Å². The van der Waals surface area contributed by atoms with Crippen LogP contribution < -0.4 is 11.1 Å². The number of nitrogens with zero attached hydrogens (tertiary/aromatic N) is 1. The topological polar surface area (TPSA) is 50.4 Å². The summed E-state index contributed by atoms with van der Waals surface area (Å²) in [6.07, 6.45) is 3.57. The van der Waals surface area contributed by atoms with E-state index in [1.54, 1.807) is 0 Å². The van der Waals surface area contributed by atoms with Gasteiger partial charge < -0.3 is 11.1 Å². The number of nitrogens with one attached hydrogen (secondary N) is 1. The summed E-state index contributed by atoms with van der Waals surface area (Å²) in [5, 5.41) is 3.09. The molecular formula is C17H25N3. The van der Waals surface area contributed by atoms with Crippen molar-refractivity contribution in [1.82, 2.24) is 5.32 Å². The van der Waals surface area contributed by atoms with E-state index in [0.717, 1.165) is 12.1 Å². The number of hydrogen-bond donors (Lipinski definition) is 2. The van der Waals surface area contributed by atoms with Crippen LogP contribution in [0.15, 0.2) is 41.4 Å². The zero-order chi connectivity index (χ0) is 14.6. The van der Waals surface area contributed by atoms with Crippen molar-refractivity contribution >= 4 is 5.96 Å². The standard InChI is InChI=1S/C17H25N3/c1-13(2)11-19-16(18)20-12-17(3)10-6-8-14-7-4-5-9-15(14)17/h4-5,7,9H,1,6,8,10-12H2,2-3H3,(H3,18,19,20). The highest BCUT2D eigenvalue weighted by molar-refractivity contribution is 5.78. The Hall–Kier alpha value is -1.77. The van der Waals surface area contributed by atoms with E-state index < -0.39 is 0 Å². The van der Waals surface area contributed by atoms with E-state index in [1.807, 2.05) is 6.92 Å². The second kappa shape index (κ2) is 6.12. The van der Waals surface area contributed by atoms with Gasteiger partial charge in [0.15, 0.2) is 5.96 Å². The van der Waals surface area contributed by atoms with Crippen molar-refractivity contribution in [3.8, 4) is 0 Å². The summed E-state index contributed by atoms with van der Waals surface area (Å²) in [5.74, 6) is 0.511. The number of fused-ring (bicyclic) bond motifs is 1. The van der Waals surface area contributed by atoms with Gasteiger partial charge in [0.2, 0.25) is 0 Å². The molecule has 1 aromatic carbocycles. The smallest absolute Gasteiger partial charge is 0.188 e. The molecule has 0 amide bonds. The van der Waals surface area contributed by atoms with Crippen LogP contribution in [-0.2, 0) is 11.8 Å². The lowest BCUT2D eigenvalue weighted by molar-refractivity contribution is 0.404. The lowest BCUT2D eigenvalue weighted by Crippen LogP contribution is -2.36. The molecule has 1 aromatic rings. The fourth-order valence-corrected chi connectivity index (χ4v) is 2.85. The third-order valence-electron chi connectivity index (χ3n) is 4.01. The molecule has 1 aliphatic carbocycles. The number of rotatable bonds is 4. The number of benzene rings is 1. The Labute approximate surface area is 122 Å². The number of nitrogens with two attached hydrogens (primary N) is 1. The lowest BCUT2D eigenvalue weighted by Gasteiger charge is -2.34. The van der Waals surface area contributed by atoms with Crippen molar-refractivity contribution < 1.29 is 0 Å². The molecule has 1 atom stereocenters. The van der Waals surface area contributed by atoms with Crippen LogP contribution >= 0.6 is 0 Å². The van der Waals surface area contributed by atoms with Crippen LogP contribution in [0, 0.1) is 0 Å². The Balaban J connectivity index is 2.09. The summed E-state index contributed by atoms with van der Waals surface area (Å²) in [5.41, 5.74) is 9.97. The Morgan fingerprint density at radius 2 is 2.20 bits per heavy atom. The van der Waals surface area contributed by atoms with Crippen molar-refractivity contribution in [1.29, 1.82) is 0 Å². The molecule has 0 aromatic heterocycles. The summed E-state index contributed by atoms with van der Waals surface area (Å²) in [7, 11) is 0. The average molecular weight is 271 g/mol. The van der Waals surface area contributed by atoms with Crippen LogP contribution in [0.1, 0.15) is 37.8 Å². The quantitative estimate of drug-likeness (QED) is 0.502. The molecule has 1 aliphatic rings. The van der Waals surface area contributed by atoms with Crippen LogP contribution in [0.5, 0.6) is 0 Å². The molecule has 1 unspecified atom stereocenters. The first kappa shape index (κ1) is 14.6. The maximum atomic E-state index is 5.92. The molecule has 20 heavy (non-hydrogen) atoms. The summed E-state index contributed by atoms with van der Waals surface area (Å²) in [4.78, 5) is 4.53. The second-order valence-electron chi connectivity index (χ2n) is 6.08. The highest BCUT2D eigenvalue weighted by Gasteiger charge is 2.31. The van der Waals surface area contributed by atoms with Crippen LogP contribution in [0.25, 0.3) is 0 Å². The second-order valence-corrected chi connectivity index (χ2v) is 6.08. The Morgan fingerprint density at radius 3 is 2.95 bits per heavy atom. The number of hydrogen-bond acceptors (Lipinski definition) is 1. The first-order valence-electron chi connectivity index (χ1n) is 7.28. The summed E-state index contributed by atoms with van der Waals surface area (Å²) in [6.45, 7) is 9.53. The van der Waals surface area contributed by atoms with Crippen molar-refractivity contribution in [3.05, 3.63) is 47.5 Å². The number of guanidine groups is 1. The van der Waals surface area contributed by atoms with E-state index in [9.17, 15) is 0 Å². The van der Waals surface area contributed by atoms with Gasteiger partial charge in [-0.2, -0.15) is 0 Å². The van der Waals surface area contributed by atoms with Gasteiger partial charge in [-0.25, -0.2) is 0 Å². The Morgan fingerprint density at radius 1 is 1.45 bits per heavy atom. The molecule has 2 rings (SSSR count). The van der Waals surface area contributed by atoms with Crippen molar-refractivity contribution in [2.24, 2.45) is 10.7 Å². The molecular weight excluding hydrogens is 246 g/mol. The summed E-state index contributed by atoms with van der Waals surface area (Å²) >= 11 is 0. The first-order chi connectivity index (χ1) is 9.51. The van der Waals surface area contributed by atoms with E-state index in [4.69, 9.17) is 5.73 Å². The highest BCUT2D eigenvalue weighted by atomic mass is 15.1. The van der Waals surface area contributed by atoms with E-state index in [1.165, 1.54) is 30.4 Å². The van der Waals surface area contributed by atoms with Gasteiger partial charge in [0.05, 0.1) is 6.54 Å². The molecule has 3 heteroatoms. The predicted molar refractivity (Wildman–Crippen MR) is 86.0 cm³/mol. The minimum atomic E-state index is 0.102. The molecule has 0 spiro atoms. The van der Waals surface area contributed by atoms with E-state index in [-0.39, 0.29) is 5.41 Å².